The lowest BCUT2D eigenvalue weighted by atomic mass is 9.80. The molecule has 0 spiro atoms. The number of fused-ring (bicyclic) bond motifs is 1. The number of Topliss-reactive ketones (excluding diaryl/α,β-unsaturated/α-hetero) is 1. The number of anilines is 1. The van der Waals surface area contributed by atoms with E-state index in [-0.39, 0.29) is 12.2 Å². The largest absolute Gasteiger partial charge is 0.338 e. The predicted molar refractivity (Wildman–Crippen MR) is 93.1 cm³/mol. The van der Waals surface area contributed by atoms with Gasteiger partial charge in [-0.05, 0) is 25.0 Å². The topological polar surface area (TPSA) is 87.3 Å². The number of carbonyl (C=O) groups excluding carboxylic acids is 3. The molecule has 3 amide bonds. The van der Waals surface area contributed by atoms with E-state index in [9.17, 15) is 14.4 Å². The van der Waals surface area contributed by atoms with E-state index in [4.69, 9.17) is 0 Å². The first kappa shape index (κ1) is 18.0. The maximum atomic E-state index is 13.0. The number of unbranched alkanes of at least 4 members (excludes halogenated alkanes) is 2. The molecule has 6 heteroatoms. The molecule has 1 heterocycles. The maximum absolute atomic E-state index is 13.0. The van der Waals surface area contributed by atoms with Crippen molar-refractivity contribution in [1.82, 2.24) is 10.6 Å². The molecule has 2 rings (SSSR count). The lowest BCUT2D eigenvalue weighted by molar-refractivity contribution is -0.120. The molecular formula is C18H25N3O3. The van der Waals surface area contributed by atoms with Crippen LogP contribution in [0.5, 0.6) is 0 Å². The molecule has 130 valence electrons. The Kier molecular flexibility index (Phi) is 5.95. The Hall–Kier alpha value is -2.37. The fraction of sp³-hybridized carbons (Fsp3) is 0.500. The molecule has 0 saturated heterocycles. The third-order valence-electron chi connectivity index (χ3n) is 4.24. The average molecular weight is 331 g/mol. The molecule has 3 N–H and O–H groups in total. The first-order chi connectivity index (χ1) is 11.5. The van der Waals surface area contributed by atoms with E-state index < -0.39 is 17.5 Å². The van der Waals surface area contributed by atoms with Gasteiger partial charge < -0.3 is 16.0 Å². The number of hydrogen-bond donors (Lipinski definition) is 3. The van der Waals surface area contributed by atoms with Crippen molar-refractivity contribution in [2.24, 2.45) is 0 Å². The van der Waals surface area contributed by atoms with Crippen molar-refractivity contribution in [3.05, 3.63) is 29.8 Å². The number of nitrogens with one attached hydrogen (secondary N) is 3. The molecule has 1 aliphatic heterocycles. The van der Waals surface area contributed by atoms with Gasteiger partial charge in [0.25, 0.3) is 5.91 Å². The van der Waals surface area contributed by atoms with Crippen molar-refractivity contribution in [2.75, 3.05) is 11.9 Å². The van der Waals surface area contributed by atoms with Crippen LogP contribution < -0.4 is 16.0 Å². The number of benzene rings is 1. The zero-order valence-corrected chi connectivity index (χ0v) is 14.3. The number of rotatable bonds is 7. The van der Waals surface area contributed by atoms with Crippen molar-refractivity contribution in [2.45, 2.75) is 51.5 Å². The normalized spacial score (nSPS) is 19.4. The van der Waals surface area contributed by atoms with E-state index >= 15 is 0 Å². The Morgan fingerprint density at radius 1 is 1.12 bits per heavy atom. The van der Waals surface area contributed by atoms with E-state index in [0.717, 1.165) is 19.3 Å². The second-order valence-corrected chi connectivity index (χ2v) is 6.07. The van der Waals surface area contributed by atoms with Gasteiger partial charge in [0.2, 0.25) is 0 Å². The van der Waals surface area contributed by atoms with Gasteiger partial charge in [0.15, 0.2) is 11.3 Å². The van der Waals surface area contributed by atoms with Gasteiger partial charge in [-0.15, -0.1) is 0 Å². The predicted octanol–water partition coefficient (Wildman–Crippen LogP) is 2.85. The van der Waals surface area contributed by atoms with E-state index in [1.54, 1.807) is 24.3 Å². The van der Waals surface area contributed by atoms with Crippen LogP contribution in [0.2, 0.25) is 0 Å². The van der Waals surface area contributed by atoms with Crippen molar-refractivity contribution in [3.8, 4) is 0 Å². The molecule has 1 unspecified atom stereocenters. The summed E-state index contributed by atoms with van der Waals surface area (Å²) in [4.78, 5) is 37.9. The fourth-order valence-electron chi connectivity index (χ4n) is 2.81. The van der Waals surface area contributed by atoms with Crippen molar-refractivity contribution in [1.29, 1.82) is 0 Å². The number of ketones is 1. The summed E-state index contributed by atoms with van der Waals surface area (Å²) >= 11 is 0. The van der Waals surface area contributed by atoms with E-state index in [0.29, 0.717) is 24.2 Å². The highest BCUT2D eigenvalue weighted by atomic mass is 16.2. The van der Waals surface area contributed by atoms with Gasteiger partial charge >= 0.3 is 6.03 Å². The van der Waals surface area contributed by atoms with E-state index in [1.165, 1.54) is 0 Å². The highest BCUT2D eigenvalue weighted by Gasteiger charge is 2.50. The number of para-hydroxylation sites is 1. The summed E-state index contributed by atoms with van der Waals surface area (Å²) in [6.45, 7) is 4.52. The first-order valence-corrected chi connectivity index (χ1v) is 8.56. The fourth-order valence-corrected chi connectivity index (χ4v) is 2.81. The molecule has 1 aliphatic rings. The van der Waals surface area contributed by atoms with Crippen LogP contribution in [-0.4, -0.2) is 29.8 Å². The van der Waals surface area contributed by atoms with Gasteiger partial charge in [-0.3, -0.25) is 9.59 Å². The SMILES string of the molecule is CCCCNC(=O)NC1(CCCC)C(=O)Nc2ccccc2C1=O. The van der Waals surface area contributed by atoms with Gasteiger partial charge in [0, 0.05) is 12.1 Å². The van der Waals surface area contributed by atoms with Gasteiger partial charge in [0.1, 0.15) is 0 Å². The number of amides is 3. The summed E-state index contributed by atoms with van der Waals surface area (Å²) in [5.74, 6) is -0.814. The van der Waals surface area contributed by atoms with E-state index in [1.807, 2.05) is 13.8 Å². The Labute approximate surface area is 142 Å². The smallest absolute Gasteiger partial charge is 0.316 e. The van der Waals surface area contributed by atoms with Crippen LogP contribution in [0, 0.1) is 0 Å². The van der Waals surface area contributed by atoms with Gasteiger partial charge in [-0.1, -0.05) is 45.2 Å². The molecule has 1 aromatic rings. The first-order valence-electron chi connectivity index (χ1n) is 8.56. The minimum absolute atomic E-state index is 0.281. The highest BCUT2D eigenvalue weighted by Crippen LogP contribution is 2.31. The second kappa shape index (κ2) is 7.95. The zero-order valence-electron chi connectivity index (χ0n) is 14.3. The third-order valence-corrected chi connectivity index (χ3v) is 4.24. The molecular weight excluding hydrogens is 306 g/mol. The molecule has 6 nitrogen and oxygen atoms in total. The van der Waals surface area contributed by atoms with Gasteiger partial charge in [-0.25, -0.2) is 4.79 Å². The molecule has 0 aliphatic carbocycles. The summed E-state index contributed by atoms with van der Waals surface area (Å²) < 4.78 is 0. The van der Waals surface area contributed by atoms with Gasteiger partial charge in [-0.2, -0.15) is 0 Å². The standard InChI is InChI=1S/C18H25N3O3/c1-3-5-11-18(21-17(24)19-12-6-4-2)15(22)13-9-7-8-10-14(13)20-16(18)23/h7-10H,3-6,11-12H2,1-2H3,(H,20,23)(H2,19,21,24). The summed E-state index contributed by atoms with van der Waals surface area (Å²) in [5.41, 5.74) is -0.615. The van der Waals surface area contributed by atoms with Gasteiger partial charge in [0.05, 0.1) is 5.69 Å². The minimum Gasteiger partial charge on any atom is -0.338 e. The van der Waals surface area contributed by atoms with Crippen LogP contribution in [-0.2, 0) is 4.79 Å². The van der Waals surface area contributed by atoms with E-state index in [2.05, 4.69) is 16.0 Å². The molecule has 0 aromatic heterocycles. The summed E-state index contributed by atoms with van der Waals surface area (Å²) in [6, 6.07) is 6.39. The van der Waals surface area contributed by atoms with Crippen LogP contribution in [0.4, 0.5) is 10.5 Å². The van der Waals surface area contributed by atoms with Crippen molar-refractivity contribution < 1.29 is 14.4 Å². The van der Waals surface area contributed by atoms with Crippen molar-refractivity contribution >= 4 is 23.4 Å². The molecule has 24 heavy (non-hydrogen) atoms. The molecule has 0 saturated carbocycles. The Bertz CT molecular complexity index is 630. The van der Waals surface area contributed by atoms with Crippen LogP contribution in [0.1, 0.15) is 56.3 Å². The maximum Gasteiger partial charge on any atom is 0.316 e. The minimum atomic E-state index is -1.54. The number of carbonyl (C=O) groups is 3. The molecule has 0 bridgehead atoms. The van der Waals surface area contributed by atoms with Crippen LogP contribution >= 0.6 is 0 Å². The van der Waals surface area contributed by atoms with Crippen LogP contribution in [0.3, 0.4) is 0 Å². The second-order valence-electron chi connectivity index (χ2n) is 6.07. The Morgan fingerprint density at radius 3 is 2.54 bits per heavy atom. The van der Waals surface area contributed by atoms with Crippen LogP contribution in [0.25, 0.3) is 0 Å². The molecule has 0 fully saturated rings. The third kappa shape index (κ3) is 3.58. The molecule has 1 aromatic carbocycles. The monoisotopic (exact) mass is 331 g/mol. The lowest BCUT2D eigenvalue weighted by Gasteiger charge is -2.36. The average Bonchev–Trinajstić information content (AvgIpc) is 2.58. The Morgan fingerprint density at radius 2 is 1.83 bits per heavy atom. The van der Waals surface area contributed by atoms with Crippen molar-refractivity contribution in [3.63, 3.8) is 0 Å². The number of hydrogen-bond acceptors (Lipinski definition) is 3. The highest BCUT2D eigenvalue weighted by molar-refractivity contribution is 6.28. The summed E-state index contributed by atoms with van der Waals surface area (Å²) in [6.07, 6.45) is 3.57. The molecule has 1 atom stereocenters. The number of urea groups is 1. The van der Waals surface area contributed by atoms with Crippen LogP contribution in [0.15, 0.2) is 24.3 Å². The summed E-state index contributed by atoms with van der Waals surface area (Å²) in [7, 11) is 0. The molecule has 0 radical (unpaired) electrons. The Balaban J connectivity index is 2.28. The quantitative estimate of drug-likeness (QED) is 0.530. The zero-order chi connectivity index (χ0) is 17.6. The summed E-state index contributed by atoms with van der Waals surface area (Å²) in [5, 5.41) is 8.13. The lowest BCUT2D eigenvalue weighted by Crippen LogP contribution is -2.65.